The van der Waals surface area contributed by atoms with E-state index in [2.05, 4.69) is 20.9 Å². The molecule has 0 aliphatic heterocycles. The van der Waals surface area contributed by atoms with Crippen LogP contribution in [-0.4, -0.2) is 15.3 Å². The summed E-state index contributed by atoms with van der Waals surface area (Å²) >= 11 is 4.82. The highest BCUT2D eigenvalue weighted by atomic mass is 79.9. The van der Waals surface area contributed by atoms with Crippen LogP contribution in [0.25, 0.3) is 0 Å². The normalized spacial score (nSPS) is 10.4. The molecule has 0 aliphatic carbocycles. The molecular formula is C9H7BrN2OS. The lowest BCUT2D eigenvalue weighted by Gasteiger charge is -1.98. The number of thiophene rings is 1. The molecule has 0 spiro atoms. The SMILES string of the molecule is Cn1ccnc1C(=O)c1cscc1Br. The van der Waals surface area contributed by atoms with Crippen LogP contribution in [0, 0.1) is 0 Å². The van der Waals surface area contributed by atoms with Crippen LogP contribution in [0.5, 0.6) is 0 Å². The number of hydrogen-bond donors (Lipinski definition) is 0. The van der Waals surface area contributed by atoms with Gasteiger partial charge < -0.3 is 4.57 Å². The van der Waals surface area contributed by atoms with Gasteiger partial charge in [-0.15, -0.1) is 0 Å². The van der Waals surface area contributed by atoms with Crippen LogP contribution in [0.4, 0.5) is 0 Å². The molecule has 0 amide bonds. The first kappa shape index (κ1) is 9.61. The molecule has 0 aliphatic rings. The highest BCUT2D eigenvalue weighted by molar-refractivity contribution is 9.10. The molecule has 2 aromatic heterocycles. The van der Waals surface area contributed by atoms with Crippen molar-refractivity contribution in [1.82, 2.24) is 9.55 Å². The molecule has 0 saturated carbocycles. The van der Waals surface area contributed by atoms with Crippen molar-refractivity contribution < 1.29 is 4.79 Å². The van der Waals surface area contributed by atoms with E-state index >= 15 is 0 Å². The predicted molar refractivity (Wildman–Crippen MR) is 58.7 cm³/mol. The number of aromatic nitrogens is 2. The molecule has 2 aromatic rings. The van der Waals surface area contributed by atoms with E-state index in [4.69, 9.17) is 0 Å². The van der Waals surface area contributed by atoms with Gasteiger partial charge in [-0.05, 0) is 15.9 Å². The van der Waals surface area contributed by atoms with E-state index in [9.17, 15) is 4.79 Å². The minimum atomic E-state index is -0.0503. The van der Waals surface area contributed by atoms with E-state index in [-0.39, 0.29) is 5.78 Å². The van der Waals surface area contributed by atoms with Crippen LogP contribution in [-0.2, 0) is 7.05 Å². The first-order chi connectivity index (χ1) is 6.70. The van der Waals surface area contributed by atoms with Gasteiger partial charge in [-0.25, -0.2) is 4.98 Å². The zero-order valence-corrected chi connectivity index (χ0v) is 9.80. The van der Waals surface area contributed by atoms with Gasteiger partial charge in [0.05, 0.1) is 5.56 Å². The van der Waals surface area contributed by atoms with Crippen molar-refractivity contribution in [3.05, 3.63) is 39.0 Å². The van der Waals surface area contributed by atoms with Gasteiger partial charge in [-0.1, -0.05) is 0 Å². The van der Waals surface area contributed by atoms with Crippen molar-refractivity contribution in [3.63, 3.8) is 0 Å². The number of ketones is 1. The fourth-order valence-electron chi connectivity index (χ4n) is 1.15. The Balaban J connectivity index is 2.44. The van der Waals surface area contributed by atoms with E-state index in [0.717, 1.165) is 4.47 Å². The molecule has 0 aromatic carbocycles. The van der Waals surface area contributed by atoms with Crippen molar-refractivity contribution >= 4 is 33.0 Å². The summed E-state index contributed by atoms with van der Waals surface area (Å²) < 4.78 is 2.54. The standard InChI is InChI=1S/C9H7BrN2OS/c1-12-3-2-11-9(12)8(13)6-4-14-5-7(6)10/h2-5H,1H3. The van der Waals surface area contributed by atoms with E-state index in [1.54, 1.807) is 24.0 Å². The summed E-state index contributed by atoms with van der Waals surface area (Å²) in [6.07, 6.45) is 3.38. The number of nitrogens with zero attached hydrogens (tertiary/aromatic N) is 2. The third kappa shape index (κ3) is 1.53. The van der Waals surface area contributed by atoms with Crippen LogP contribution < -0.4 is 0 Å². The summed E-state index contributed by atoms with van der Waals surface area (Å²) in [6, 6.07) is 0. The van der Waals surface area contributed by atoms with Crippen molar-refractivity contribution in [2.24, 2.45) is 7.05 Å². The summed E-state index contributed by atoms with van der Waals surface area (Å²) in [7, 11) is 1.81. The minimum Gasteiger partial charge on any atom is -0.331 e. The molecule has 0 N–H and O–H groups in total. The number of imidazole rings is 1. The van der Waals surface area contributed by atoms with E-state index in [0.29, 0.717) is 11.4 Å². The van der Waals surface area contributed by atoms with Gasteiger partial charge in [-0.3, -0.25) is 4.79 Å². The zero-order chi connectivity index (χ0) is 10.1. The molecule has 0 unspecified atom stereocenters. The number of aryl methyl sites for hydroxylation is 1. The average molecular weight is 271 g/mol. The van der Waals surface area contributed by atoms with Gasteiger partial charge in [0.2, 0.25) is 5.78 Å². The van der Waals surface area contributed by atoms with Gasteiger partial charge in [0, 0.05) is 34.7 Å². The van der Waals surface area contributed by atoms with Crippen LogP contribution in [0.3, 0.4) is 0 Å². The summed E-state index contributed by atoms with van der Waals surface area (Å²) in [5.74, 6) is 0.412. The van der Waals surface area contributed by atoms with Crippen molar-refractivity contribution in [1.29, 1.82) is 0 Å². The number of halogens is 1. The Morgan fingerprint density at radius 2 is 2.36 bits per heavy atom. The minimum absolute atomic E-state index is 0.0503. The molecule has 2 heterocycles. The molecule has 3 nitrogen and oxygen atoms in total. The van der Waals surface area contributed by atoms with Gasteiger partial charge in [0.15, 0.2) is 5.82 Å². The van der Waals surface area contributed by atoms with Crippen molar-refractivity contribution in [2.75, 3.05) is 0 Å². The molecule has 0 bridgehead atoms. The lowest BCUT2D eigenvalue weighted by atomic mass is 10.2. The molecule has 2 rings (SSSR count). The zero-order valence-electron chi connectivity index (χ0n) is 7.40. The summed E-state index contributed by atoms with van der Waals surface area (Å²) in [5.41, 5.74) is 0.671. The first-order valence-corrected chi connectivity index (χ1v) is 5.67. The number of rotatable bonds is 2. The van der Waals surface area contributed by atoms with Gasteiger partial charge in [0.25, 0.3) is 0 Å². The quantitative estimate of drug-likeness (QED) is 0.786. The largest absolute Gasteiger partial charge is 0.331 e. The monoisotopic (exact) mass is 270 g/mol. The number of hydrogen-bond acceptors (Lipinski definition) is 3. The second-order valence-corrected chi connectivity index (χ2v) is 4.42. The summed E-state index contributed by atoms with van der Waals surface area (Å²) in [4.78, 5) is 15.9. The van der Waals surface area contributed by atoms with Crippen molar-refractivity contribution in [3.8, 4) is 0 Å². The number of carbonyl (C=O) groups excluding carboxylic acids is 1. The molecule has 0 fully saturated rings. The van der Waals surface area contributed by atoms with Gasteiger partial charge >= 0.3 is 0 Å². The van der Waals surface area contributed by atoms with Crippen LogP contribution in [0.15, 0.2) is 27.6 Å². The molecule has 0 radical (unpaired) electrons. The van der Waals surface area contributed by atoms with E-state index in [1.165, 1.54) is 11.3 Å². The van der Waals surface area contributed by atoms with Crippen molar-refractivity contribution in [2.45, 2.75) is 0 Å². The summed E-state index contributed by atoms with van der Waals surface area (Å²) in [6.45, 7) is 0. The molecule has 14 heavy (non-hydrogen) atoms. The average Bonchev–Trinajstić information content (AvgIpc) is 2.73. The first-order valence-electron chi connectivity index (χ1n) is 3.94. The van der Waals surface area contributed by atoms with Gasteiger partial charge in [0.1, 0.15) is 0 Å². The predicted octanol–water partition coefficient (Wildman–Crippen LogP) is 2.48. The lowest BCUT2D eigenvalue weighted by Crippen LogP contribution is -2.08. The second kappa shape index (κ2) is 3.67. The Hall–Kier alpha value is -0.940. The second-order valence-electron chi connectivity index (χ2n) is 2.82. The van der Waals surface area contributed by atoms with E-state index < -0.39 is 0 Å². The lowest BCUT2D eigenvalue weighted by molar-refractivity contribution is 0.102. The smallest absolute Gasteiger partial charge is 0.230 e. The fraction of sp³-hybridized carbons (Fsp3) is 0.111. The molecule has 0 atom stereocenters. The highest BCUT2D eigenvalue weighted by Crippen LogP contribution is 2.23. The summed E-state index contributed by atoms with van der Waals surface area (Å²) in [5, 5.41) is 3.71. The van der Waals surface area contributed by atoms with Crippen LogP contribution >= 0.6 is 27.3 Å². The highest BCUT2D eigenvalue weighted by Gasteiger charge is 2.16. The molecule has 72 valence electrons. The maximum absolute atomic E-state index is 11.9. The topological polar surface area (TPSA) is 34.9 Å². The third-order valence-electron chi connectivity index (χ3n) is 1.88. The van der Waals surface area contributed by atoms with Crippen LogP contribution in [0.2, 0.25) is 0 Å². The molecule has 0 saturated heterocycles. The third-order valence-corrected chi connectivity index (χ3v) is 3.59. The maximum atomic E-state index is 11.9. The molecule has 5 heteroatoms. The maximum Gasteiger partial charge on any atom is 0.230 e. The van der Waals surface area contributed by atoms with Crippen LogP contribution in [0.1, 0.15) is 16.2 Å². The van der Waals surface area contributed by atoms with E-state index in [1.807, 2.05) is 10.8 Å². The Bertz CT molecular complexity index is 432. The Morgan fingerprint density at radius 3 is 2.86 bits per heavy atom. The molecular weight excluding hydrogens is 264 g/mol. The fourth-order valence-corrected chi connectivity index (χ4v) is 2.60. The Kier molecular flexibility index (Phi) is 2.52. The Labute approximate surface area is 93.5 Å². The Morgan fingerprint density at radius 1 is 1.57 bits per heavy atom. The number of carbonyl (C=O) groups is 1. The van der Waals surface area contributed by atoms with Gasteiger partial charge in [-0.2, -0.15) is 11.3 Å².